The Morgan fingerprint density at radius 1 is 0.833 bits per heavy atom. The zero-order chi connectivity index (χ0) is 12.4. The molecule has 0 aliphatic heterocycles. The molecular weight excluding hydrogens is 222 g/mol. The Morgan fingerprint density at radius 2 is 1.56 bits per heavy atom. The second-order valence-corrected chi connectivity index (χ2v) is 4.10. The smallest absolute Gasteiger partial charge is 0.195 e. The van der Waals surface area contributed by atoms with Gasteiger partial charge in [-0.2, -0.15) is 0 Å². The summed E-state index contributed by atoms with van der Waals surface area (Å²) in [6.07, 6.45) is 3.41. The summed E-state index contributed by atoms with van der Waals surface area (Å²) in [5.41, 5.74) is 1.34. The maximum Gasteiger partial charge on any atom is 0.195 e. The molecule has 0 aliphatic rings. The molecular formula is C16H11NO. The maximum atomic E-state index is 12.4. The molecule has 0 atom stereocenters. The third-order valence-electron chi connectivity index (χ3n) is 2.95. The first-order chi connectivity index (χ1) is 8.86. The number of rotatable bonds is 2. The highest BCUT2D eigenvalue weighted by Gasteiger charge is 2.11. The fourth-order valence-electron chi connectivity index (χ4n) is 2.04. The molecule has 0 aliphatic carbocycles. The van der Waals surface area contributed by atoms with Crippen LogP contribution < -0.4 is 0 Å². The molecule has 3 aromatic rings. The van der Waals surface area contributed by atoms with Crippen LogP contribution in [0.2, 0.25) is 0 Å². The van der Waals surface area contributed by atoms with Crippen LogP contribution in [0, 0.1) is 0 Å². The quantitative estimate of drug-likeness (QED) is 0.634. The lowest BCUT2D eigenvalue weighted by molar-refractivity contribution is 0.104. The number of ketones is 1. The van der Waals surface area contributed by atoms with Crippen LogP contribution in [0.5, 0.6) is 0 Å². The van der Waals surface area contributed by atoms with Crippen molar-refractivity contribution in [2.45, 2.75) is 0 Å². The Balaban J connectivity index is 2.18. The van der Waals surface area contributed by atoms with E-state index in [0.29, 0.717) is 11.1 Å². The number of fused-ring (bicyclic) bond motifs is 1. The van der Waals surface area contributed by atoms with Crippen molar-refractivity contribution in [1.29, 1.82) is 0 Å². The van der Waals surface area contributed by atoms with Gasteiger partial charge in [0.1, 0.15) is 0 Å². The lowest BCUT2D eigenvalue weighted by Crippen LogP contribution is -2.02. The van der Waals surface area contributed by atoms with Crippen molar-refractivity contribution < 1.29 is 4.79 Å². The first-order valence-corrected chi connectivity index (χ1v) is 5.79. The number of benzene rings is 2. The molecule has 1 aromatic heterocycles. The molecule has 0 amide bonds. The maximum absolute atomic E-state index is 12.4. The van der Waals surface area contributed by atoms with Gasteiger partial charge in [0.2, 0.25) is 0 Å². The standard InChI is InChI=1S/C16H11NO/c18-16(12-6-2-1-3-7-12)15-11-17-10-13-8-4-5-9-14(13)15/h1-11H. The minimum atomic E-state index is 0.0138. The third kappa shape index (κ3) is 1.78. The molecule has 2 nitrogen and oxygen atoms in total. The second-order valence-electron chi connectivity index (χ2n) is 4.10. The van der Waals surface area contributed by atoms with Crippen molar-refractivity contribution in [3.63, 3.8) is 0 Å². The van der Waals surface area contributed by atoms with Crippen molar-refractivity contribution in [2.75, 3.05) is 0 Å². The van der Waals surface area contributed by atoms with E-state index in [1.807, 2.05) is 54.6 Å². The zero-order valence-corrected chi connectivity index (χ0v) is 9.71. The normalized spacial score (nSPS) is 10.4. The molecule has 3 rings (SSSR count). The van der Waals surface area contributed by atoms with E-state index in [-0.39, 0.29) is 5.78 Å². The van der Waals surface area contributed by atoms with E-state index in [1.54, 1.807) is 12.4 Å². The van der Waals surface area contributed by atoms with Gasteiger partial charge in [-0.3, -0.25) is 9.78 Å². The number of aromatic nitrogens is 1. The highest BCUT2D eigenvalue weighted by Crippen LogP contribution is 2.19. The predicted octanol–water partition coefficient (Wildman–Crippen LogP) is 3.47. The molecule has 0 N–H and O–H groups in total. The molecule has 1 heterocycles. The largest absolute Gasteiger partial charge is 0.289 e. The van der Waals surface area contributed by atoms with Crippen LogP contribution in [-0.4, -0.2) is 10.8 Å². The number of pyridine rings is 1. The molecule has 0 bridgehead atoms. The predicted molar refractivity (Wildman–Crippen MR) is 71.6 cm³/mol. The molecule has 2 aromatic carbocycles. The van der Waals surface area contributed by atoms with Crippen molar-refractivity contribution in [2.24, 2.45) is 0 Å². The van der Waals surface area contributed by atoms with E-state index in [0.717, 1.165) is 10.8 Å². The Kier molecular flexibility index (Phi) is 2.61. The van der Waals surface area contributed by atoms with Crippen molar-refractivity contribution in [3.8, 4) is 0 Å². The minimum absolute atomic E-state index is 0.0138. The van der Waals surface area contributed by atoms with Crippen LogP contribution in [0.15, 0.2) is 67.0 Å². The minimum Gasteiger partial charge on any atom is -0.289 e. The summed E-state index contributed by atoms with van der Waals surface area (Å²) in [6.45, 7) is 0. The molecule has 0 fully saturated rings. The number of hydrogen-bond donors (Lipinski definition) is 0. The van der Waals surface area contributed by atoms with Gasteiger partial charge in [-0.1, -0.05) is 54.6 Å². The van der Waals surface area contributed by atoms with Crippen LogP contribution in [0.25, 0.3) is 10.8 Å². The first-order valence-electron chi connectivity index (χ1n) is 5.79. The van der Waals surface area contributed by atoms with E-state index in [4.69, 9.17) is 0 Å². The summed E-state index contributed by atoms with van der Waals surface area (Å²) in [4.78, 5) is 16.6. The van der Waals surface area contributed by atoms with Gasteiger partial charge in [-0.05, 0) is 5.39 Å². The monoisotopic (exact) mass is 233 g/mol. The summed E-state index contributed by atoms with van der Waals surface area (Å²) in [5.74, 6) is 0.0138. The Labute approximate surface area is 105 Å². The van der Waals surface area contributed by atoms with Crippen LogP contribution in [-0.2, 0) is 0 Å². The highest BCUT2D eigenvalue weighted by atomic mass is 16.1. The summed E-state index contributed by atoms with van der Waals surface area (Å²) in [5, 5.41) is 1.93. The van der Waals surface area contributed by atoms with E-state index in [1.165, 1.54) is 0 Å². The number of nitrogens with zero attached hydrogens (tertiary/aromatic N) is 1. The molecule has 2 heteroatoms. The SMILES string of the molecule is O=C(c1ccccc1)c1cncc2ccccc12. The van der Waals surface area contributed by atoms with Gasteiger partial charge < -0.3 is 0 Å². The molecule has 0 saturated heterocycles. The van der Waals surface area contributed by atoms with Crippen LogP contribution >= 0.6 is 0 Å². The first kappa shape index (κ1) is 10.7. The number of hydrogen-bond acceptors (Lipinski definition) is 2. The topological polar surface area (TPSA) is 30.0 Å². The molecule has 0 unspecified atom stereocenters. The third-order valence-corrected chi connectivity index (χ3v) is 2.95. The molecule has 0 radical (unpaired) electrons. The lowest BCUT2D eigenvalue weighted by Gasteiger charge is -2.04. The van der Waals surface area contributed by atoms with Crippen molar-refractivity contribution >= 4 is 16.6 Å². The van der Waals surface area contributed by atoms with Gasteiger partial charge in [0.15, 0.2) is 5.78 Å². The summed E-state index contributed by atoms with van der Waals surface area (Å²) in [7, 11) is 0. The van der Waals surface area contributed by atoms with Gasteiger partial charge in [-0.15, -0.1) is 0 Å². The van der Waals surface area contributed by atoms with Gasteiger partial charge >= 0.3 is 0 Å². The molecule has 86 valence electrons. The Morgan fingerprint density at radius 3 is 2.39 bits per heavy atom. The van der Waals surface area contributed by atoms with Gasteiger partial charge in [0.25, 0.3) is 0 Å². The van der Waals surface area contributed by atoms with Crippen molar-refractivity contribution in [1.82, 2.24) is 4.98 Å². The molecule has 0 saturated carbocycles. The average molecular weight is 233 g/mol. The van der Waals surface area contributed by atoms with Crippen LogP contribution in [0.1, 0.15) is 15.9 Å². The molecule has 0 spiro atoms. The van der Waals surface area contributed by atoms with E-state index < -0.39 is 0 Å². The van der Waals surface area contributed by atoms with Gasteiger partial charge in [-0.25, -0.2) is 0 Å². The summed E-state index contributed by atoms with van der Waals surface area (Å²) < 4.78 is 0. The van der Waals surface area contributed by atoms with Crippen molar-refractivity contribution in [3.05, 3.63) is 78.1 Å². The lowest BCUT2D eigenvalue weighted by atomic mass is 10.00. The number of carbonyl (C=O) groups excluding carboxylic acids is 1. The number of carbonyl (C=O) groups is 1. The zero-order valence-electron chi connectivity index (χ0n) is 9.71. The highest BCUT2D eigenvalue weighted by molar-refractivity contribution is 6.16. The summed E-state index contributed by atoms with van der Waals surface area (Å²) >= 11 is 0. The average Bonchev–Trinajstić information content (AvgIpc) is 2.47. The summed E-state index contributed by atoms with van der Waals surface area (Å²) in [6, 6.07) is 17.1. The van der Waals surface area contributed by atoms with Gasteiger partial charge in [0.05, 0.1) is 0 Å². The second kappa shape index (κ2) is 4.41. The van der Waals surface area contributed by atoms with Crippen LogP contribution in [0.3, 0.4) is 0 Å². The van der Waals surface area contributed by atoms with Gasteiger partial charge in [0, 0.05) is 28.9 Å². The van der Waals surface area contributed by atoms with E-state index in [2.05, 4.69) is 4.98 Å². The molecule has 18 heavy (non-hydrogen) atoms. The fourth-order valence-corrected chi connectivity index (χ4v) is 2.04. The van der Waals surface area contributed by atoms with Crippen LogP contribution in [0.4, 0.5) is 0 Å². The fraction of sp³-hybridized carbons (Fsp3) is 0. The van der Waals surface area contributed by atoms with E-state index >= 15 is 0 Å². The van der Waals surface area contributed by atoms with E-state index in [9.17, 15) is 4.79 Å². The Bertz CT molecular complexity index is 699. The Hall–Kier alpha value is -2.48.